The van der Waals surface area contributed by atoms with Crippen LogP contribution in [-0.4, -0.2) is 25.8 Å². The van der Waals surface area contributed by atoms with Crippen LogP contribution in [0.5, 0.6) is 11.5 Å². The molecule has 0 aliphatic carbocycles. The summed E-state index contributed by atoms with van der Waals surface area (Å²) in [7, 11) is 2.82. The van der Waals surface area contributed by atoms with Crippen molar-refractivity contribution >= 4 is 11.6 Å². The van der Waals surface area contributed by atoms with Crippen molar-refractivity contribution in [3.8, 4) is 23.8 Å². The van der Waals surface area contributed by atoms with E-state index >= 15 is 0 Å². The van der Waals surface area contributed by atoms with Gasteiger partial charge in [-0.1, -0.05) is 0 Å². The molecule has 1 aromatic rings. The van der Waals surface area contributed by atoms with Crippen LogP contribution in [0.15, 0.2) is 12.1 Å². The van der Waals surface area contributed by atoms with Crippen molar-refractivity contribution in [2.75, 3.05) is 14.2 Å². The Morgan fingerprint density at radius 3 is 1.94 bits per heavy atom. The summed E-state index contributed by atoms with van der Waals surface area (Å²) in [6, 6.07) is 3.10. The first kappa shape index (κ1) is 12.8. The van der Waals surface area contributed by atoms with Gasteiger partial charge in [0.05, 0.1) is 25.3 Å². The SMILES string of the molecule is C#CC(=O)c1c(OC)ccc(OC)c1C(C)=O. The number of Topliss-reactive ketones (excluding diaryl/α,β-unsaturated/α-hetero) is 2. The molecule has 0 saturated carbocycles. The van der Waals surface area contributed by atoms with Gasteiger partial charge in [-0.05, 0) is 25.0 Å². The van der Waals surface area contributed by atoms with Crippen molar-refractivity contribution in [2.45, 2.75) is 6.92 Å². The minimum atomic E-state index is -0.606. The summed E-state index contributed by atoms with van der Waals surface area (Å²) < 4.78 is 10.1. The van der Waals surface area contributed by atoms with E-state index in [4.69, 9.17) is 15.9 Å². The fourth-order valence-electron chi connectivity index (χ4n) is 1.55. The molecular weight excluding hydrogens is 220 g/mol. The molecule has 0 unspecified atom stereocenters. The Bertz CT molecular complexity index is 509. The normalized spacial score (nSPS) is 9.29. The highest BCUT2D eigenvalue weighted by molar-refractivity contribution is 6.17. The van der Waals surface area contributed by atoms with E-state index in [1.807, 2.05) is 5.92 Å². The van der Waals surface area contributed by atoms with E-state index in [1.54, 1.807) is 6.07 Å². The average Bonchev–Trinajstić information content (AvgIpc) is 2.35. The van der Waals surface area contributed by atoms with Crippen molar-refractivity contribution < 1.29 is 19.1 Å². The van der Waals surface area contributed by atoms with Crippen molar-refractivity contribution in [3.63, 3.8) is 0 Å². The molecule has 0 radical (unpaired) electrons. The molecule has 1 rings (SSSR count). The standard InChI is InChI=1S/C13H12O4/c1-5-9(15)13-11(17-4)7-6-10(16-3)12(13)8(2)14/h1,6-7H,2-4H3. The van der Waals surface area contributed by atoms with Gasteiger partial charge in [-0.25, -0.2) is 0 Å². The first-order chi connectivity index (χ1) is 8.06. The lowest BCUT2D eigenvalue weighted by Crippen LogP contribution is -2.09. The van der Waals surface area contributed by atoms with Gasteiger partial charge >= 0.3 is 0 Å². The number of carbonyl (C=O) groups excluding carboxylic acids is 2. The number of ketones is 2. The monoisotopic (exact) mass is 232 g/mol. The van der Waals surface area contributed by atoms with E-state index in [-0.39, 0.29) is 22.7 Å². The van der Waals surface area contributed by atoms with Crippen LogP contribution in [0.2, 0.25) is 0 Å². The molecule has 0 spiro atoms. The minimum absolute atomic E-state index is 0.0712. The highest BCUT2D eigenvalue weighted by Crippen LogP contribution is 2.31. The fraction of sp³-hybridized carbons (Fsp3) is 0.231. The Morgan fingerprint density at radius 1 is 1.12 bits per heavy atom. The van der Waals surface area contributed by atoms with Gasteiger partial charge in [0.1, 0.15) is 11.5 Å². The topological polar surface area (TPSA) is 52.6 Å². The molecule has 0 amide bonds. The second-order valence-electron chi connectivity index (χ2n) is 3.25. The summed E-state index contributed by atoms with van der Waals surface area (Å²) in [6.07, 6.45) is 5.08. The number of hydrogen-bond donors (Lipinski definition) is 0. The molecule has 4 nitrogen and oxygen atoms in total. The molecule has 0 aliphatic rings. The molecule has 0 fully saturated rings. The number of terminal acetylenes is 1. The summed E-state index contributed by atoms with van der Waals surface area (Å²) in [4.78, 5) is 23.2. The second-order valence-corrected chi connectivity index (χ2v) is 3.25. The maximum absolute atomic E-state index is 11.7. The highest BCUT2D eigenvalue weighted by atomic mass is 16.5. The lowest BCUT2D eigenvalue weighted by Gasteiger charge is -2.12. The predicted molar refractivity (Wildman–Crippen MR) is 62.7 cm³/mol. The molecule has 0 aliphatic heterocycles. The zero-order chi connectivity index (χ0) is 13.0. The van der Waals surface area contributed by atoms with Crippen LogP contribution in [0.3, 0.4) is 0 Å². The fourth-order valence-corrected chi connectivity index (χ4v) is 1.55. The molecule has 0 N–H and O–H groups in total. The predicted octanol–water partition coefficient (Wildman–Crippen LogP) is 1.72. The molecule has 0 bridgehead atoms. The van der Waals surface area contributed by atoms with Gasteiger partial charge in [-0.3, -0.25) is 9.59 Å². The van der Waals surface area contributed by atoms with Crippen LogP contribution in [0, 0.1) is 12.3 Å². The second kappa shape index (κ2) is 5.17. The van der Waals surface area contributed by atoms with Crippen LogP contribution < -0.4 is 9.47 Å². The Hall–Kier alpha value is -2.28. The van der Waals surface area contributed by atoms with Crippen molar-refractivity contribution in [3.05, 3.63) is 23.3 Å². The van der Waals surface area contributed by atoms with Crippen molar-refractivity contribution in [1.29, 1.82) is 0 Å². The van der Waals surface area contributed by atoms with Crippen molar-refractivity contribution in [1.82, 2.24) is 0 Å². The third-order valence-electron chi connectivity index (χ3n) is 2.28. The Balaban J connectivity index is 3.65. The van der Waals surface area contributed by atoms with Crippen LogP contribution >= 0.6 is 0 Å². The maximum atomic E-state index is 11.7. The molecule has 0 aromatic heterocycles. The summed E-state index contributed by atoms with van der Waals surface area (Å²) >= 11 is 0. The van der Waals surface area contributed by atoms with Crippen LogP contribution in [0.25, 0.3) is 0 Å². The van der Waals surface area contributed by atoms with E-state index in [1.165, 1.54) is 27.2 Å². The molecular formula is C13H12O4. The van der Waals surface area contributed by atoms with E-state index in [2.05, 4.69) is 0 Å². The van der Waals surface area contributed by atoms with Gasteiger partial charge in [0.2, 0.25) is 5.78 Å². The third kappa shape index (κ3) is 2.28. The van der Waals surface area contributed by atoms with Gasteiger partial charge in [-0.15, -0.1) is 6.42 Å². The van der Waals surface area contributed by atoms with Crippen molar-refractivity contribution in [2.24, 2.45) is 0 Å². The summed E-state index contributed by atoms with van der Waals surface area (Å²) in [5.74, 6) is 1.63. The third-order valence-corrected chi connectivity index (χ3v) is 2.28. The van der Waals surface area contributed by atoms with Crippen LogP contribution in [-0.2, 0) is 0 Å². The Kier molecular flexibility index (Phi) is 3.89. The Labute approximate surface area is 99.5 Å². The first-order valence-electron chi connectivity index (χ1n) is 4.83. The van der Waals surface area contributed by atoms with Gasteiger partial charge in [0, 0.05) is 0 Å². The molecule has 0 saturated heterocycles. The van der Waals surface area contributed by atoms with Crippen LogP contribution in [0.1, 0.15) is 27.6 Å². The summed E-state index contributed by atoms with van der Waals surface area (Å²) in [5.41, 5.74) is 0.219. The van der Waals surface area contributed by atoms with Gasteiger partial charge in [0.15, 0.2) is 5.78 Å². The molecule has 0 atom stereocenters. The molecule has 1 aromatic carbocycles. The smallest absolute Gasteiger partial charge is 0.240 e. The van der Waals surface area contributed by atoms with Gasteiger partial charge < -0.3 is 9.47 Å². The minimum Gasteiger partial charge on any atom is -0.496 e. The lowest BCUT2D eigenvalue weighted by molar-refractivity contribution is 0.0991. The number of rotatable bonds is 4. The quantitative estimate of drug-likeness (QED) is 0.450. The number of carbonyl (C=O) groups is 2. The number of hydrogen-bond acceptors (Lipinski definition) is 4. The van der Waals surface area contributed by atoms with E-state index < -0.39 is 5.78 Å². The maximum Gasteiger partial charge on any atom is 0.240 e. The molecule has 88 valence electrons. The summed E-state index contributed by atoms with van der Waals surface area (Å²) in [5, 5.41) is 0. The number of methoxy groups -OCH3 is 2. The average molecular weight is 232 g/mol. The largest absolute Gasteiger partial charge is 0.496 e. The zero-order valence-corrected chi connectivity index (χ0v) is 9.87. The first-order valence-corrected chi connectivity index (χ1v) is 4.83. The molecule has 0 heterocycles. The van der Waals surface area contributed by atoms with Crippen LogP contribution in [0.4, 0.5) is 0 Å². The van der Waals surface area contributed by atoms with E-state index in [0.717, 1.165) is 0 Å². The molecule has 17 heavy (non-hydrogen) atoms. The summed E-state index contributed by atoms with van der Waals surface area (Å²) in [6.45, 7) is 1.34. The number of benzene rings is 1. The van der Waals surface area contributed by atoms with Gasteiger partial charge in [0.25, 0.3) is 0 Å². The van der Waals surface area contributed by atoms with E-state index in [0.29, 0.717) is 5.75 Å². The van der Waals surface area contributed by atoms with Gasteiger partial charge in [-0.2, -0.15) is 0 Å². The lowest BCUT2D eigenvalue weighted by atomic mass is 9.98. The Morgan fingerprint density at radius 2 is 1.59 bits per heavy atom. The molecule has 4 heteroatoms. The zero-order valence-electron chi connectivity index (χ0n) is 9.87. The highest BCUT2D eigenvalue weighted by Gasteiger charge is 2.22. The number of ether oxygens (including phenoxy) is 2. The van der Waals surface area contributed by atoms with E-state index in [9.17, 15) is 9.59 Å².